The second kappa shape index (κ2) is 5.88. The number of aliphatic hydroxyl groups is 1. The van der Waals surface area contributed by atoms with Gasteiger partial charge in [0.1, 0.15) is 11.4 Å². The highest BCUT2D eigenvalue weighted by atomic mass is 79.9. The van der Waals surface area contributed by atoms with Gasteiger partial charge in [-0.1, -0.05) is 0 Å². The van der Waals surface area contributed by atoms with Crippen LogP contribution in [-0.2, 0) is 4.79 Å². The molecule has 0 bridgehead atoms. The van der Waals surface area contributed by atoms with Gasteiger partial charge < -0.3 is 5.11 Å². The van der Waals surface area contributed by atoms with Crippen LogP contribution in [-0.4, -0.2) is 22.5 Å². The largest absolute Gasteiger partial charge is 0.380 e. The zero-order valence-electron chi connectivity index (χ0n) is 10.6. The van der Waals surface area contributed by atoms with Crippen molar-refractivity contribution < 1.29 is 19.1 Å². The Hall–Kier alpha value is -1.47. The molecule has 0 aromatic heterocycles. The Morgan fingerprint density at radius 2 is 1.90 bits per heavy atom. The second-order valence-electron chi connectivity index (χ2n) is 4.77. The summed E-state index contributed by atoms with van der Waals surface area (Å²) in [5.74, 6) is -1.69. The molecule has 108 valence electrons. The van der Waals surface area contributed by atoms with E-state index in [0.29, 0.717) is 12.8 Å². The molecule has 3 N–H and O–H groups in total. The molecular formula is C13H14BrFN2O3. The lowest BCUT2D eigenvalue weighted by Gasteiger charge is -2.21. The quantitative estimate of drug-likeness (QED) is 0.714. The number of hydrazine groups is 1. The summed E-state index contributed by atoms with van der Waals surface area (Å²) < 4.78 is 13.2. The predicted molar refractivity (Wildman–Crippen MR) is 73.1 cm³/mol. The van der Waals surface area contributed by atoms with Crippen LogP contribution in [0.1, 0.15) is 36.0 Å². The topological polar surface area (TPSA) is 78.4 Å². The van der Waals surface area contributed by atoms with Crippen LogP contribution in [0.3, 0.4) is 0 Å². The molecule has 1 aromatic rings. The summed E-state index contributed by atoms with van der Waals surface area (Å²) in [7, 11) is 0. The van der Waals surface area contributed by atoms with Crippen molar-refractivity contribution in [2.24, 2.45) is 0 Å². The summed E-state index contributed by atoms with van der Waals surface area (Å²) in [6, 6.07) is 3.60. The Labute approximate surface area is 123 Å². The van der Waals surface area contributed by atoms with Crippen LogP contribution in [0.25, 0.3) is 0 Å². The minimum atomic E-state index is -1.41. The average Bonchev–Trinajstić information content (AvgIpc) is 2.84. The number of hydrogen-bond donors (Lipinski definition) is 3. The number of benzene rings is 1. The van der Waals surface area contributed by atoms with Gasteiger partial charge >= 0.3 is 0 Å². The van der Waals surface area contributed by atoms with Gasteiger partial charge in [-0.15, -0.1) is 0 Å². The van der Waals surface area contributed by atoms with Crippen LogP contribution in [0.5, 0.6) is 0 Å². The molecule has 0 spiro atoms. The molecular weight excluding hydrogens is 331 g/mol. The van der Waals surface area contributed by atoms with E-state index < -0.39 is 23.2 Å². The van der Waals surface area contributed by atoms with Crippen LogP contribution in [0, 0.1) is 5.82 Å². The lowest BCUT2D eigenvalue weighted by molar-refractivity contribution is -0.139. The maximum atomic E-state index is 12.9. The fraction of sp³-hybridized carbons (Fsp3) is 0.385. The van der Waals surface area contributed by atoms with Crippen LogP contribution >= 0.6 is 15.9 Å². The number of halogens is 2. The lowest BCUT2D eigenvalue weighted by atomic mass is 10.0. The maximum absolute atomic E-state index is 12.9. The third kappa shape index (κ3) is 3.16. The fourth-order valence-corrected chi connectivity index (χ4v) is 2.69. The molecule has 1 saturated carbocycles. The highest BCUT2D eigenvalue weighted by Crippen LogP contribution is 2.29. The number of hydrogen-bond acceptors (Lipinski definition) is 3. The van der Waals surface area contributed by atoms with Gasteiger partial charge in [-0.05, 0) is 59.8 Å². The summed E-state index contributed by atoms with van der Waals surface area (Å²) >= 11 is 3.07. The van der Waals surface area contributed by atoms with Crippen molar-refractivity contribution in [3.63, 3.8) is 0 Å². The molecule has 1 aliphatic carbocycles. The number of carbonyl (C=O) groups excluding carboxylic acids is 2. The molecule has 20 heavy (non-hydrogen) atoms. The van der Waals surface area contributed by atoms with Gasteiger partial charge in [0.05, 0.1) is 5.56 Å². The smallest absolute Gasteiger partial charge is 0.270 e. The normalized spacial score (nSPS) is 16.8. The minimum absolute atomic E-state index is 0.185. The molecule has 0 radical (unpaired) electrons. The van der Waals surface area contributed by atoms with E-state index >= 15 is 0 Å². The van der Waals surface area contributed by atoms with Gasteiger partial charge in [-0.3, -0.25) is 20.4 Å². The van der Waals surface area contributed by atoms with Crippen molar-refractivity contribution >= 4 is 27.7 Å². The third-order valence-corrected chi connectivity index (χ3v) is 3.97. The van der Waals surface area contributed by atoms with E-state index in [1.54, 1.807) is 0 Å². The van der Waals surface area contributed by atoms with E-state index in [2.05, 4.69) is 26.8 Å². The average molecular weight is 345 g/mol. The van der Waals surface area contributed by atoms with Crippen LogP contribution in [0.15, 0.2) is 22.7 Å². The molecule has 1 aromatic carbocycles. The summed E-state index contributed by atoms with van der Waals surface area (Å²) in [4.78, 5) is 23.6. The van der Waals surface area contributed by atoms with Crippen molar-refractivity contribution in [2.45, 2.75) is 31.3 Å². The zero-order chi connectivity index (χ0) is 14.8. The molecule has 0 heterocycles. The molecule has 0 saturated heterocycles. The number of nitrogens with one attached hydrogen (secondary N) is 2. The predicted octanol–water partition coefficient (Wildman–Crippen LogP) is 1.65. The molecule has 0 atom stereocenters. The Kier molecular flexibility index (Phi) is 4.39. The third-order valence-electron chi connectivity index (χ3n) is 3.32. The van der Waals surface area contributed by atoms with E-state index in [1.807, 2.05) is 0 Å². The molecule has 0 aliphatic heterocycles. The van der Waals surface area contributed by atoms with Crippen molar-refractivity contribution in [3.05, 3.63) is 34.1 Å². The van der Waals surface area contributed by atoms with Gasteiger partial charge in [-0.25, -0.2) is 4.39 Å². The minimum Gasteiger partial charge on any atom is -0.380 e. The molecule has 2 rings (SSSR count). The molecule has 5 nitrogen and oxygen atoms in total. The van der Waals surface area contributed by atoms with Gasteiger partial charge in [0.2, 0.25) is 0 Å². The molecule has 1 fully saturated rings. The molecule has 7 heteroatoms. The summed E-state index contributed by atoms with van der Waals surface area (Å²) in [6.45, 7) is 0. The molecule has 1 aliphatic rings. The van der Waals surface area contributed by atoms with Crippen LogP contribution < -0.4 is 10.9 Å². The van der Waals surface area contributed by atoms with Gasteiger partial charge in [-0.2, -0.15) is 0 Å². The van der Waals surface area contributed by atoms with E-state index in [9.17, 15) is 19.1 Å². The molecule has 2 amide bonds. The van der Waals surface area contributed by atoms with Gasteiger partial charge in [0.25, 0.3) is 11.8 Å². The van der Waals surface area contributed by atoms with Crippen LogP contribution in [0.4, 0.5) is 4.39 Å². The Balaban J connectivity index is 1.97. The first-order valence-electron chi connectivity index (χ1n) is 6.20. The lowest BCUT2D eigenvalue weighted by Crippen LogP contribution is -2.52. The first kappa shape index (κ1) is 14.9. The van der Waals surface area contributed by atoms with E-state index in [4.69, 9.17) is 0 Å². The first-order chi connectivity index (χ1) is 9.42. The number of rotatable bonds is 2. The van der Waals surface area contributed by atoms with E-state index in [0.717, 1.165) is 25.0 Å². The van der Waals surface area contributed by atoms with Crippen molar-refractivity contribution in [1.29, 1.82) is 0 Å². The summed E-state index contributed by atoms with van der Waals surface area (Å²) in [6.07, 6.45) is 2.33. The monoisotopic (exact) mass is 344 g/mol. The van der Waals surface area contributed by atoms with E-state index in [1.165, 1.54) is 6.07 Å². The van der Waals surface area contributed by atoms with Gasteiger partial charge in [0.15, 0.2) is 0 Å². The molecule has 0 unspecified atom stereocenters. The first-order valence-corrected chi connectivity index (χ1v) is 7.00. The van der Waals surface area contributed by atoms with Gasteiger partial charge in [0, 0.05) is 4.47 Å². The number of carbonyl (C=O) groups is 2. The highest BCUT2D eigenvalue weighted by molar-refractivity contribution is 9.10. The number of amides is 2. The Morgan fingerprint density at radius 3 is 2.50 bits per heavy atom. The highest BCUT2D eigenvalue weighted by Gasteiger charge is 2.39. The van der Waals surface area contributed by atoms with Crippen LogP contribution in [0.2, 0.25) is 0 Å². The summed E-state index contributed by atoms with van der Waals surface area (Å²) in [5.41, 5.74) is 3.19. The standard InChI is InChI=1S/C13H14BrFN2O3/c14-10-7-8(15)3-4-9(10)11(18)16-17-12(19)13(20)5-1-2-6-13/h3-4,7,20H,1-2,5-6H2,(H,16,18)(H,17,19). The maximum Gasteiger partial charge on any atom is 0.270 e. The van der Waals surface area contributed by atoms with E-state index in [-0.39, 0.29) is 10.0 Å². The second-order valence-corrected chi connectivity index (χ2v) is 5.63. The zero-order valence-corrected chi connectivity index (χ0v) is 12.2. The van der Waals surface area contributed by atoms with Crippen molar-refractivity contribution in [2.75, 3.05) is 0 Å². The Morgan fingerprint density at radius 1 is 1.25 bits per heavy atom. The van der Waals surface area contributed by atoms with Crippen molar-refractivity contribution in [3.8, 4) is 0 Å². The summed E-state index contributed by atoms with van der Waals surface area (Å²) in [5, 5.41) is 10.0. The Bertz CT molecular complexity index is 544. The SMILES string of the molecule is O=C(NNC(=O)C1(O)CCCC1)c1ccc(F)cc1Br. The fourth-order valence-electron chi connectivity index (χ4n) is 2.16. The van der Waals surface area contributed by atoms with Crippen molar-refractivity contribution in [1.82, 2.24) is 10.9 Å².